The highest BCUT2D eigenvalue weighted by Crippen LogP contribution is 2.07. The molecule has 0 bridgehead atoms. The van der Waals surface area contributed by atoms with Crippen LogP contribution in [-0.2, 0) is 24.3 Å². The lowest BCUT2D eigenvalue weighted by Crippen LogP contribution is -2.11. The van der Waals surface area contributed by atoms with Gasteiger partial charge < -0.3 is 10.1 Å². The van der Waals surface area contributed by atoms with Gasteiger partial charge in [-0.05, 0) is 36.1 Å². The van der Waals surface area contributed by atoms with Crippen molar-refractivity contribution >= 4 is 0 Å². The van der Waals surface area contributed by atoms with Crippen LogP contribution in [0.1, 0.15) is 30.0 Å². The molecule has 2 nitrogen and oxygen atoms in total. The zero-order valence-electron chi connectivity index (χ0n) is 12.8. The molecular weight excluding hydrogens is 258 g/mol. The zero-order valence-corrected chi connectivity index (χ0v) is 12.8. The van der Waals surface area contributed by atoms with E-state index in [0.29, 0.717) is 6.61 Å². The lowest BCUT2D eigenvalue weighted by atomic mass is 10.1. The Hall–Kier alpha value is -1.64. The molecule has 0 atom stereocenters. The largest absolute Gasteiger partial charge is 0.377 e. The van der Waals surface area contributed by atoms with E-state index in [4.69, 9.17) is 4.74 Å². The number of rotatable bonds is 9. The van der Waals surface area contributed by atoms with Crippen LogP contribution in [-0.4, -0.2) is 13.2 Å². The molecule has 2 aromatic rings. The van der Waals surface area contributed by atoms with E-state index >= 15 is 0 Å². The first-order chi connectivity index (χ1) is 10.4. The first kappa shape index (κ1) is 15.7. The molecule has 0 saturated heterocycles. The summed E-state index contributed by atoms with van der Waals surface area (Å²) in [6, 6.07) is 19.2. The fourth-order valence-electron chi connectivity index (χ4n) is 2.24. The number of hydrogen-bond donors (Lipinski definition) is 1. The summed E-state index contributed by atoms with van der Waals surface area (Å²) < 4.78 is 5.75. The molecule has 0 fully saturated rings. The van der Waals surface area contributed by atoms with Crippen LogP contribution >= 0.6 is 0 Å². The van der Waals surface area contributed by atoms with E-state index < -0.39 is 0 Å². The number of hydrogen-bond acceptors (Lipinski definition) is 2. The number of nitrogens with one attached hydrogen (secondary N) is 1. The van der Waals surface area contributed by atoms with E-state index in [9.17, 15) is 0 Å². The zero-order chi connectivity index (χ0) is 14.8. The van der Waals surface area contributed by atoms with Gasteiger partial charge in [-0.15, -0.1) is 0 Å². The Morgan fingerprint density at radius 1 is 0.857 bits per heavy atom. The molecule has 0 aliphatic carbocycles. The summed E-state index contributed by atoms with van der Waals surface area (Å²) >= 11 is 0. The van der Waals surface area contributed by atoms with Crippen LogP contribution in [0, 0.1) is 0 Å². The van der Waals surface area contributed by atoms with Gasteiger partial charge in [0.05, 0.1) is 6.61 Å². The van der Waals surface area contributed by atoms with E-state index in [1.54, 1.807) is 0 Å². The van der Waals surface area contributed by atoms with Gasteiger partial charge in [0, 0.05) is 13.2 Å². The van der Waals surface area contributed by atoms with Crippen LogP contribution in [0.15, 0.2) is 54.6 Å². The number of aryl methyl sites for hydroxylation is 1. The minimum Gasteiger partial charge on any atom is -0.377 e. The molecule has 0 amide bonds. The minimum absolute atomic E-state index is 0.705. The van der Waals surface area contributed by atoms with E-state index in [1.165, 1.54) is 16.7 Å². The van der Waals surface area contributed by atoms with Crippen LogP contribution in [0.5, 0.6) is 0 Å². The van der Waals surface area contributed by atoms with Crippen LogP contribution in [0.3, 0.4) is 0 Å². The Bertz CT molecular complexity index is 493. The average molecular weight is 283 g/mol. The molecule has 0 radical (unpaired) electrons. The van der Waals surface area contributed by atoms with Crippen molar-refractivity contribution in [2.75, 3.05) is 13.2 Å². The molecule has 0 aromatic heterocycles. The van der Waals surface area contributed by atoms with Crippen molar-refractivity contribution in [1.29, 1.82) is 0 Å². The quantitative estimate of drug-likeness (QED) is 0.704. The second kappa shape index (κ2) is 9.32. The number of benzene rings is 2. The first-order valence-electron chi connectivity index (χ1n) is 7.78. The maximum Gasteiger partial charge on any atom is 0.0716 e. The van der Waals surface area contributed by atoms with Gasteiger partial charge in [-0.3, -0.25) is 0 Å². The van der Waals surface area contributed by atoms with Gasteiger partial charge in [0.15, 0.2) is 0 Å². The maximum atomic E-state index is 5.75. The smallest absolute Gasteiger partial charge is 0.0716 e. The van der Waals surface area contributed by atoms with Gasteiger partial charge in [-0.1, -0.05) is 61.5 Å². The Morgan fingerprint density at radius 3 is 2.29 bits per heavy atom. The molecule has 0 aliphatic heterocycles. The third-order valence-corrected chi connectivity index (χ3v) is 3.47. The lowest BCUT2D eigenvalue weighted by molar-refractivity contribution is 0.118. The van der Waals surface area contributed by atoms with Crippen LogP contribution in [0.2, 0.25) is 0 Å². The maximum absolute atomic E-state index is 5.75. The monoisotopic (exact) mass is 283 g/mol. The highest BCUT2D eigenvalue weighted by molar-refractivity contribution is 5.21. The summed E-state index contributed by atoms with van der Waals surface area (Å²) in [5.74, 6) is 0. The lowest BCUT2D eigenvalue weighted by Gasteiger charge is -2.06. The Balaban J connectivity index is 1.62. The molecule has 2 aromatic carbocycles. The van der Waals surface area contributed by atoms with Crippen molar-refractivity contribution < 1.29 is 4.74 Å². The molecule has 0 aliphatic rings. The van der Waals surface area contributed by atoms with Gasteiger partial charge in [0.25, 0.3) is 0 Å². The predicted molar refractivity (Wildman–Crippen MR) is 88.2 cm³/mol. The molecule has 0 saturated carbocycles. The van der Waals surface area contributed by atoms with E-state index in [0.717, 1.165) is 32.5 Å². The molecule has 2 heteroatoms. The van der Waals surface area contributed by atoms with Gasteiger partial charge >= 0.3 is 0 Å². The van der Waals surface area contributed by atoms with Crippen molar-refractivity contribution in [3.63, 3.8) is 0 Å². The molecule has 112 valence electrons. The second-order valence-electron chi connectivity index (χ2n) is 5.24. The normalized spacial score (nSPS) is 10.7. The highest BCUT2D eigenvalue weighted by Gasteiger charge is 1.96. The Kier molecular flexibility index (Phi) is 6.99. The second-order valence-corrected chi connectivity index (χ2v) is 5.24. The minimum atomic E-state index is 0.705. The summed E-state index contributed by atoms with van der Waals surface area (Å²) in [5.41, 5.74) is 3.95. The van der Waals surface area contributed by atoms with Gasteiger partial charge in [-0.2, -0.15) is 0 Å². The molecule has 21 heavy (non-hydrogen) atoms. The van der Waals surface area contributed by atoms with Crippen LogP contribution < -0.4 is 5.32 Å². The van der Waals surface area contributed by atoms with Crippen molar-refractivity contribution in [1.82, 2.24) is 5.32 Å². The van der Waals surface area contributed by atoms with E-state index in [1.807, 2.05) is 0 Å². The first-order valence-corrected chi connectivity index (χ1v) is 7.78. The predicted octanol–water partition coefficient (Wildman–Crippen LogP) is 3.95. The third kappa shape index (κ3) is 6.11. The summed E-state index contributed by atoms with van der Waals surface area (Å²) in [6.45, 7) is 5.59. The van der Waals surface area contributed by atoms with Crippen molar-refractivity contribution in [2.45, 2.75) is 32.9 Å². The molecule has 2 rings (SSSR count). The molecule has 0 unspecified atom stereocenters. The summed E-state index contributed by atoms with van der Waals surface area (Å²) in [4.78, 5) is 0. The van der Waals surface area contributed by atoms with Crippen molar-refractivity contribution in [3.8, 4) is 0 Å². The van der Waals surface area contributed by atoms with E-state index in [2.05, 4.69) is 66.8 Å². The Labute approximate surface area is 128 Å². The number of ether oxygens (including phenoxy) is 1. The molecule has 0 spiro atoms. The fourth-order valence-corrected chi connectivity index (χ4v) is 2.24. The van der Waals surface area contributed by atoms with Gasteiger partial charge in [0.1, 0.15) is 0 Å². The van der Waals surface area contributed by atoms with Crippen LogP contribution in [0.25, 0.3) is 0 Å². The van der Waals surface area contributed by atoms with Gasteiger partial charge in [-0.25, -0.2) is 0 Å². The van der Waals surface area contributed by atoms with Crippen LogP contribution in [0.4, 0.5) is 0 Å². The molecular formula is C19H25NO. The SMILES string of the molecule is CCNCc1ccc(COCCCc2ccccc2)cc1. The molecule has 1 N–H and O–H groups in total. The summed E-state index contributed by atoms with van der Waals surface area (Å²) in [6.07, 6.45) is 2.16. The standard InChI is InChI=1S/C19H25NO/c1-2-20-15-18-10-12-19(13-11-18)16-21-14-6-9-17-7-4-3-5-8-17/h3-5,7-8,10-13,20H,2,6,9,14-16H2,1H3. The summed E-state index contributed by atoms with van der Waals surface area (Å²) in [7, 11) is 0. The highest BCUT2D eigenvalue weighted by atomic mass is 16.5. The van der Waals surface area contributed by atoms with Crippen molar-refractivity contribution in [3.05, 3.63) is 71.3 Å². The van der Waals surface area contributed by atoms with Crippen molar-refractivity contribution in [2.24, 2.45) is 0 Å². The topological polar surface area (TPSA) is 21.3 Å². The molecule has 0 heterocycles. The fraction of sp³-hybridized carbons (Fsp3) is 0.368. The summed E-state index contributed by atoms with van der Waals surface area (Å²) in [5, 5.41) is 3.33. The Morgan fingerprint density at radius 2 is 1.57 bits per heavy atom. The third-order valence-electron chi connectivity index (χ3n) is 3.47. The van der Waals surface area contributed by atoms with Gasteiger partial charge in [0.2, 0.25) is 0 Å². The van der Waals surface area contributed by atoms with E-state index in [-0.39, 0.29) is 0 Å². The average Bonchev–Trinajstić information content (AvgIpc) is 2.55.